The molecule has 0 unspecified atom stereocenters. The fourth-order valence-electron chi connectivity index (χ4n) is 2.34. The molecule has 0 bridgehead atoms. The van der Waals surface area contributed by atoms with E-state index in [9.17, 15) is 8.42 Å². The van der Waals surface area contributed by atoms with Crippen LogP contribution in [0, 0.1) is 6.92 Å². The van der Waals surface area contributed by atoms with Crippen LogP contribution >= 0.6 is 0 Å². The van der Waals surface area contributed by atoms with E-state index in [4.69, 9.17) is 0 Å². The molecule has 6 nitrogen and oxygen atoms in total. The molecule has 0 fully saturated rings. The van der Waals surface area contributed by atoms with Crippen molar-refractivity contribution in [2.24, 2.45) is 0 Å². The molecule has 0 spiro atoms. The van der Waals surface area contributed by atoms with Gasteiger partial charge in [0.15, 0.2) is 5.03 Å². The zero-order valence-electron chi connectivity index (χ0n) is 13.2. The minimum absolute atomic E-state index is 0.00353. The Labute approximate surface area is 135 Å². The highest BCUT2D eigenvalue weighted by Crippen LogP contribution is 2.26. The lowest BCUT2D eigenvalue weighted by molar-refractivity contribution is 0.592. The fourth-order valence-corrected chi connectivity index (χ4v) is 3.36. The summed E-state index contributed by atoms with van der Waals surface area (Å²) in [5.41, 5.74) is 2.27. The Morgan fingerprint density at radius 2 is 1.96 bits per heavy atom. The molecular weight excluding hydrogens is 312 g/mol. The number of sulfonamides is 1. The van der Waals surface area contributed by atoms with Gasteiger partial charge >= 0.3 is 0 Å². The summed E-state index contributed by atoms with van der Waals surface area (Å²) in [6.07, 6.45) is 4.74. The van der Waals surface area contributed by atoms with Gasteiger partial charge in [-0.3, -0.25) is 9.71 Å². The van der Waals surface area contributed by atoms with Crippen LogP contribution in [0.4, 0.5) is 5.69 Å². The van der Waals surface area contributed by atoms with Crippen molar-refractivity contribution in [1.82, 2.24) is 14.5 Å². The molecule has 2 heterocycles. The van der Waals surface area contributed by atoms with E-state index in [1.807, 2.05) is 32.9 Å². The average molecular weight is 330 g/mol. The SMILES string of the molecule is Cc1ccc(NS(=O)(=O)c2cn(C(C)C)cn2)c2cccnc12. The first-order valence-corrected chi connectivity index (χ1v) is 8.77. The van der Waals surface area contributed by atoms with Gasteiger partial charge in [-0.1, -0.05) is 6.07 Å². The van der Waals surface area contributed by atoms with Gasteiger partial charge < -0.3 is 4.57 Å². The average Bonchev–Trinajstić information content (AvgIpc) is 3.01. The number of aryl methyl sites for hydroxylation is 1. The summed E-state index contributed by atoms with van der Waals surface area (Å²) < 4.78 is 29.5. The summed E-state index contributed by atoms with van der Waals surface area (Å²) in [5.74, 6) is 0. The molecule has 0 aliphatic heterocycles. The Morgan fingerprint density at radius 1 is 1.17 bits per heavy atom. The first kappa shape index (κ1) is 15.5. The summed E-state index contributed by atoms with van der Waals surface area (Å²) in [5, 5.41) is 0.767. The van der Waals surface area contributed by atoms with Crippen molar-refractivity contribution in [2.45, 2.75) is 31.8 Å². The molecule has 0 atom stereocenters. The second-order valence-corrected chi connectivity index (χ2v) is 7.32. The molecule has 0 aliphatic rings. The monoisotopic (exact) mass is 330 g/mol. The smallest absolute Gasteiger partial charge is 0.280 e. The third-order valence-corrected chi connectivity index (χ3v) is 4.92. The molecule has 2 aromatic heterocycles. The van der Waals surface area contributed by atoms with Crippen LogP contribution < -0.4 is 4.72 Å². The molecule has 1 N–H and O–H groups in total. The lowest BCUT2D eigenvalue weighted by atomic mass is 10.1. The van der Waals surface area contributed by atoms with Gasteiger partial charge in [-0.05, 0) is 44.5 Å². The van der Waals surface area contributed by atoms with Gasteiger partial charge in [-0.25, -0.2) is 4.98 Å². The van der Waals surface area contributed by atoms with E-state index in [0.717, 1.165) is 16.5 Å². The molecule has 120 valence electrons. The standard InChI is InChI=1S/C16H18N4O2S/c1-11(2)20-9-15(18-10-20)23(21,22)19-14-7-6-12(3)16-13(14)5-4-8-17-16/h4-11,19H,1-3H3. The van der Waals surface area contributed by atoms with Crippen LogP contribution in [0.3, 0.4) is 0 Å². The number of aromatic nitrogens is 3. The largest absolute Gasteiger partial charge is 0.334 e. The Morgan fingerprint density at radius 3 is 2.65 bits per heavy atom. The number of pyridine rings is 1. The van der Waals surface area contributed by atoms with Gasteiger partial charge in [-0.2, -0.15) is 8.42 Å². The predicted octanol–water partition coefficient (Wildman–Crippen LogP) is 3.12. The van der Waals surface area contributed by atoms with Crippen molar-refractivity contribution >= 4 is 26.6 Å². The Bertz CT molecular complexity index is 961. The summed E-state index contributed by atoms with van der Waals surface area (Å²) >= 11 is 0. The number of nitrogens with one attached hydrogen (secondary N) is 1. The number of hydrogen-bond acceptors (Lipinski definition) is 4. The predicted molar refractivity (Wildman–Crippen MR) is 89.9 cm³/mol. The first-order chi connectivity index (χ1) is 10.9. The van der Waals surface area contributed by atoms with E-state index >= 15 is 0 Å². The van der Waals surface area contributed by atoms with Crippen LogP contribution in [-0.2, 0) is 10.0 Å². The van der Waals surface area contributed by atoms with E-state index in [1.165, 1.54) is 12.5 Å². The van der Waals surface area contributed by atoms with Gasteiger partial charge in [0.25, 0.3) is 10.0 Å². The van der Waals surface area contributed by atoms with Crippen LogP contribution in [0.15, 0.2) is 48.0 Å². The second-order valence-electron chi connectivity index (χ2n) is 5.69. The topological polar surface area (TPSA) is 76.9 Å². The maximum Gasteiger partial charge on any atom is 0.280 e. The minimum Gasteiger partial charge on any atom is -0.334 e. The highest BCUT2D eigenvalue weighted by molar-refractivity contribution is 7.92. The molecule has 7 heteroatoms. The van der Waals surface area contributed by atoms with Gasteiger partial charge in [-0.15, -0.1) is 0 Å². The first-order valence-electron chi connectivity index (χ1n) is 7.29. The number of nitrogens with zero attached hydrogens (tertiary/aromatic N) is 3. The molecule has 1 aromatic carbocycles. The Balaban J connectivity index is 2.02. The number of rotatable bonds is 4. The summed E-state index contributed by atoms with van der Waals surface area (Å²) in [6.45, 7) is 5.87. The van der Waals surface area contributed by atoms with E-state index in [0.29, 0.717) is 5.69 Å². The molecule has 0 saturated heterocycles. The fraction of sp³-hybridized carbons (Fsp3) is 0.250. The molecule has 0 radical (unpaired) electrons. The van der Waals surface area contributed by atoms with Gasteiger partial charge in [0.2, 0.25) is 0 Å². The second kappa shape index (κ2) is 5.66. The Kier molecular flexibility index (Phi) is 3.81. The van der Waals surface area contributed by atoms with Crippen LogP contribution in [0.25, 0.3) is 10.9 Å². The highest BCUT2D eigenvalue weighted by Gasteiger charge is 2.19. The van der Waals surface area contributed by atoms with Crippen molar-refractivity contribution in [3.63, 3.8) is 0 Å². The van der Waals surface area contributed by atoms with Crippen molar-refractivity contribution in [3.8, 4) is 0 Å². The number of anilines is 1. The van der Waals surface area contributed by atoms with Crippen LogP contribution in [-0.4, -0.2) is 23.0 Å². The lowest BCUT2D eigenvalue weighted by Crippen LogP contribution is -2.14. The van der Waals surface area contributed by atoms with Crippen LogP contribution in [0.1, 0.15) is 25.5 Å². The molecule has 3 aromatic rings. The van der Waals surface area contributed by atoms with Crippen LogP contribution in [0.2, 0.25) is 0 Å². The summed E-state index contributed by atoms with van der Waals surface area (Å²) in [6, 6.07) is 7.37. The molecule has 0 amide bonds. The number of imidazole rings is 1. The molecular formula is C16H18N4O2S. The van der Waals surface area contributed by atoms with Gasteiger partial charge in [0.05, 0.1) is 17.5 Å². The third kappa shape index (κ3) is 2.92. The number of hydrogen-bond donors (Lipinski definition) is 1. The minimum atomic E-state index is -3.74. The lowest BCUT2D eigenvalue weighted by Gasteiger charge is -2.10. The summed E-state index contributed by atoms with van der Waals surface area (Å²) in [4.78, 5) is 8.32. The van der Waals surface area contributed by atoms with Crippen molar-refractivity contribution < 1.29 is 8.42 Å². The molecule has 23 heavy (non-hydrogen) atoms. The Hall–Kier alpha value is -2.41. The summed E-state index contributed by atoms with van der Waals surface area (Å²) in [7, 11) is -3.74. The maximum absolute atomic E-state index is 12.6. The maximum atomic E-state index is 12.6. The van der Waals surface area contributed by atoms with Crippen molar-refractivity contribution in [1.29, 1.82) is 0 Å². The van der Waals surface area contributed by atoms with Gasteiger partial charge in [0, 0.05) is 23.8 Å². The molecule has 0 saturated carbocycles. The van der Waals surface area contributed by atoms with E-state index in [-0.39, 0.29) is 11.1 Å². The van der Waals surface area contributed by atoms with Crippen molar-refractivity contribution in [2.75, 3.05) is 4.72 Å². The van der Waals surface area contributed by atoms with Gasteiger partial charge in [0.1, 0.15) is 0 Å². The molecule has 0 aliphatic carbocycles. The third-order valence-electron chi connectivity index (χ3n) is 3.67. The van der Waals surface area contributed by atoms with Crippen LogP contribution in [0.5, 0.6) is 0 Å². The highest BCUT2D eigenvalue weighted by atomic mass is 32.2. The van der Waals surface area contributed by atoms with E-state index in [2.05, 4.69) is 14.7 Å². The number of benzene rings is 1. The zero-order valence-corrected chi connectivity index (χ0v) is 14.0. The molecule has 3 rings (SSSR count). The quantitative estimate of drug-likeness (QED) is 0.797. The number of fused-ring (bicyclic) bond motifs is 1. The normalized spacial score (nSPS) is 12.0. The van der Waals surface area contributed by atoms with E-state index < -0.39 is 10.0 Å². The zero-order chi connectivity index (χ0) is 16.6. The van der Waals surface area contributed by atoms with Crippen molar-refractivity contribution in [3.05, 3.63) is 48.5 Å². The van der Waals surface area contributed by atoms with E-state index in [1.54, 1.807) is 22.9 Å².